The van der Waals surface area contributed by atoms with Gasteiger partial charge < -0.3 is 25.6 Å². The van der Waals surface area contributed by atoms with Crippen LogP contribution < -0.4 is 16.0 Å². The molecule has 0 unspecified atom stereocenters. The maximum absolute atomic E-state index is 13.6. The molecule has 12 heteroatoms. The van der Waals surface area contributed by atoms with Gasteiger partial charge in [-0.25, -0.2) is 9.67 Å². The monoisotopic (exact) mass is 776 g/mol. The zero-order valence-electron chi connectivity index (χ0n) is 32.7. The number of halogens is 1. The average Bonchev–Trinajstić information content (AvgIpc) is 3.53. The number of carbonyl (C=O) groups excluding carboxylic acids is 2. The number of carbonyl (C=O) groups is 2. The lowest BCUT2D eigenvalue weighted by Gasteiger charge is -2.26. The number of benzene rings is 3. The lowest BCUT2D eigenvalue weighted by molar-refractivity contribution is 0.0904. The van der Waals surface area contributed by atoms with Gasteiger partial charge in [-0.15, -0.1) is 0 Å². The number of anilines is 1. The molecule has 2 aromatic heterocycles. The Hall–Kier alpha value is -4.81. The van der Waals surface area contributed by atoms with Crippen molar-refractivity contribution in [1.29, 1.82) is 0 Å². The number of aromatic nitrogens is 3. The van der Waals surface area contributed by atoms with E-state index in [1.54, 1.807) is 24.3 Å². The van der Waals surface area contributed by atoms with Crippen LogP contribution in [0.3, 0.4) is 0 Å². The largest absolute Gasteiger partial charge is 0.381 e. The molecule has 3 aromatic carbocycles. The Morgan fingerprint density at radius 1 is 0.857 bits per heavy atom. The van der Waals surface area contributed by atoms with Gasteiger partial charge in [0.25, 0.3) is 11.8 Å². The molecule has 7 rings (SSSR count). The molecule has 294 valence electrons. The van der Waals surface area contributed by atoms with Gasteiger partial charge in [0, 0.05) is 85.9 Å². The van der Waals surface area contributed by atoms with Crippen molar-refractivity contribution < 1.29 is 14.3 Å². The van der Waals surface area contributed by atoms with E-state index in [1.165, 1.54) is 12.0 Å². The highest BCUT2D eigenvalue weighted by Gasteiger charge is 2.23. The summed E-state index contributed by atoms with van der Waals surface area (Å²) in [6, 6.07) is 21.6. The van der Waals surface area contributed by atoms with Crippen molar-refractivity contribution >= 4 is 40.1 Å². The van der Waals surface area contributed by atoms with E-state index in [1.807, 2.05) is 23.0 Å². The Labute approximate surface area is 334 Å². The third-order valence-electron chi connectivity index (χ3n) is 10.9. The van der Waals surface area contributed by atoms with Crippen LogP contribution in [0.2, 0.25) is 5.02 Å². The van der Waals surface area contributed by atoms with Crippen LogP contribution in [-0.4, -0.2) is 88.9 Å². The molecule has 0 atom stereocenters. The molecule has 56 heavy (non-hydrogen) atoms. The summed E-state index contributed by atoms with van der Waals surface area (Å²) < 4.78 is 7.51. The van der Waals surface area contributed by atoms with E-state index >= 15 is 0 Å². The number of rotatable bonds is 13. The molecule has 2 amide bonds. The van der Waals surface area contributed by atoms with E-state index < -0.39 is 0 Å². The number of hydrogen-bond donors (Lipinski definition) is 3. The van der Waals surface area contributed by atoms with Crippen molar-refractivity contribution in [3.05, 3.63) is 111 Å². The highest BCUT2D eigenvalue weighted by Crippen LogP contribution is 2.32. The summed E-state index contributed by atoms with van der Waals surface area (Å²) in [6.07, 6.45) is 5.54. The number of fused-ring (bicyclic) bond motifs is 1. The highest BCUT2D eigenvalue weighted by molar-refractivity contribution is 6.31. The molecule has 0 bridgehead atoms. The minimum atomic E-state index is -0.273. The number of likely N-dealkylation sites (N-methyl/N-ethyl adjacent to an activating group) is 1. The average molecular weight is 777 g/mol. The quantitative estimate of drug-likeness (QED) is 0.118. The number of aryl methyl sites for hydroxylation is 2. The summed E-state index contributed by atoms with van der Waals surface area (Å²) in [6.45, 7) is 12.1. The topological polar surface area (TPSA) is 117 Å². The number of pyridine rings is 1. The van der Waals surface area contributed by atoms with Crippen molar-refractivity contribution in [2.45, 2.75) is 71.8 Å². The minimum absolute atomic E-state index is 0.250. The van der Waals surface area contributed by atoms with E-state index in [9.17, 15) is 9.59 Å². The van der Waals surface area contributed by atoms with Crippen molar-refractivity contribution in [2.24, 2.45) is 0 Å². The first-order valence-corrected chi connectivity index (χ1v) is 20.3. The van der Waals surface area contributed by atoms with Gasteiger partial charge in [0.05, 0.1) is 17.3 Å². The lowest BCUT2D eigenvalue weighted by atomic mass is 10.0. The highest BCUT2D eigenvalue weighted by atomic mass is 35.5. The predicted molar refractivity (Wildman–Crippen MR) is 223 cm³/mol. The number of hydrogen-bond acceptors (Lipinski definition) is 8. The second kappa shape index (κ2) is 18.4. The van der Waals surface area contributed by atoms with Crippen molar-refractivity contribution in [3.63, 3.8) is 0 Å². The van der Waals surface area contributed by atoms with Gasteiger partial charge in [0.15, 0.2) is 5.65 Å². The molecule has 2 aliphatic rings. The van der Waals surface area contributed by atoms with Crippen LogP contribution in [0.25, 0.3) is 22.2 Å². The van der Waals surface area contributed by atoms with E-state index in [2.05, 4.69) is 82.1 Å². The van der Waals surface area contributed by atoms with Crippen LogP contribution in [0.1, 0.15) is 76.2 Å². The molecule has 5 aromatic rings. The van der Waals surface area contributed by atoms with Gasteiger partial charge in [-0.05, 0) is 117 Å². The fourth-order valence-corrected chi connectivity index (χ4v) is 8.00. The van der Waals surface area contributed by atoms with Crippen LogP contribution in [0.4, 0.5) is 5.69 Å². The van der Waals surface area contributed by atoms with Gasteiger partial charge >= 0.3 is 0 Å². The molecule has 4 heterocycles. The normalized spacial score (nSPS) is 15.8. The van der Waals surface area contributed by atoms with Gasteiger partial charge in [-0.2, -0.15) is 5.10 Å². The molecule has 2 saturated heterocycles. The molecule has 0 saturated carbocycles. The third-order valence-corrected chi connectivity index (χ3v) is 11.1. The van der Waals surface area contributed by atoms with Crippen LogP contribution in [-0.2, 0) is 37.3 Å². The molecule has 0 aliphatic carbocycles. The van der Waals surface area contributed by atoms with E-state index in [0.29, 0.717) is 42.3 Å². The fraction of sp³-hybridized carbons (Fsp3) is 0.409. The van der Waals surface area contributed by atoms with Gasteiger partial charge in [-0.1, -0.05) is 42.8 Å². The van der Waals surface area contributed by atoms with Gasteiger partial charge in [-0.3, -0.25) is 14.5 Å². The number of nitrogens with zero attached hydrogens (tertiary/aromatic N) is 5. The van der Waals surface area contributed by atoms with Crippen molar-refractivity contribution in [1.82, 2.24) is 35.2 Å². The fourth-order valence-electron chi connectivity index (χ4n) is 7.74. The first-order chi connectivity index (χ1) is 27.3. The smallest absolute Gasteiger partial charge is 0.251 e. The lowest BCUT2D eigenvalue weighted by Crippen LogP contribution is -2.30. The summed E-state index contributed by atoms with van der Waals surface area (Å²) in [4.78, 5) is 37.0. The SMILES string of the molecule is CCc1nc2c(cnn2CC)c(NC2CCOCC2)c1CNC(=O)c1cccc(C(=O)NCc2cc(Cl)cc(-c3cccc(CN4CCCN(C)CC4)c3)c2)c1. The summed E-state index contributed by atoms with van der Waals surface area (Å²) in [7, 11) is 2.19. The van der Waals surface area contributed by atoms with Crippen molar-refractivity contribution in [3.8, 4) is 11.1 Å². The molecule has 3 N–H and O–H groups in total. The Morgan fingerprint density at radius 3 is 2.38 bits per heavy atom. The van der Waals surface area contributed by atoms with Crippen LogP contribution in [0.15, 0.2) is 72.9 Å². The first-order valence-electron chi connectivity index (χ1n) is 20.0. The zero-order chi connectivity index (χ0) is 39.0. The first kappa shape index (κ1) is 39.4. The summed E-state index contributed by atoms with van der Waals surface area (Å²) in [5.41, 5.74) is 8.71. The van der Waals surface area contributed by atoms with E-state index in [4.69, 9.17) is 21.3 Å². The molecule has 0 spiro atoms. The van der Waals surface area contributed by atoms with E-state index in [-0.39, 0.29) is 30.9 Å². The molecule has 2 aliphatic heterocycles. The second-order valence-electron chi connectivity index (χ2n) is 14.9. The third kappa shape index (κ3) is 9.58. The van der Waals surface area contributed by atoms with E-state index in [0.717, 1.165) is 90.2 Å². The van der Waals surface area contributed by atoms with Crippen LogP contribution in [0, 0.1) is 0 Å². The summed E-state index contributed by atoms with van der Waals surface area (Å²) >= 11 is 6.62. The molecular formula is C44H53ClN8O3. The Balaban J connectivity index is 1.01. The number of nitrogens with one attached hydrogen (secondary N) is 3. The molecule has 11 nitrogen and oxygen atoms in total. The Bertz CT molecular complexity index is 2160. The van der Waals surface area contributed by atoms with Crippen LogP contribution in [0.5, 0.6) is 0 Å². The summed E-state index contributed by atoms with van der Waals surface area (Å²) in [5.74, 6) is -0.543. The van der Waals surface area contributed by atoms with Crippen LogP contribution >= 0.6 is 11.6 Å². The van der Waals surface area contributed by atoms with Gasteiger partial charge in [0.1, 0.15) is 0 Å². The summed E-state index contributed by atoms with van der Waals surface area (Å²) in [5, 5.41) is 16.1. The maximum Gasteiger partial charge on any atom is 0.251 e. The van der Waals surface area contributed by atoms with Gasteiger partial charge in [0.2, 0.25) is 0 Å². The molecular weight excluding hydrogens is 724 g/mol. The minimum Gasteiger partial charge on any atom is -0.381 e. The molecule has 2 fully saturated rings. The van der Waals surface area contributed by atoms with Crippen molar-refractivity contribution in [2.75, 3.05) is 51.8 Å². The molecule has 0 radical (unpaired) electrons. The Kier molecular flexibility index (Phi) is 13.0. The predicted octanol–water partition coefficient (Wildman–Crippen LogP) is 6.92. The maximum atomic E-state index is 13.6. The standard InChI is InChI=1S/C44H53ClN8O3/c1-4-40-38(41(49-37-13-19-56-20-14-37)39-28-48-53(5-2)42(39)50-40)27-47-44(55)34-12-7-11-33(24-34)43(54)46-26-31-22-35(25-36(45)23-31)32-10-6-9-30(21-32)29-52-16-8-15-51(3)17-18-52/h6-7,9-12,21-25,28,37H,4-5,8,13-20,26-27,29H2,1-3H3,(H,46,54)(H,47,55)(H,49,50). The second-order valence-corrected chi connectivity index (χ2v) is 15.4. The Morgan fingerprint density at radius 2 is 1.61 bits per heavy atom. The number of ether oxygens (including phenoxy) is 1. The zero-order valence-corrected chi connectivity index (χ0v) is 33.5. The number of amides is 2.